The van der Waals surface area contributed by atoms with Crippen molar-refractivity contribution in [3.05, 3.63) is 70.4 Å². The largest absolute Gasteiger partial charge is 0.384 e. The SMILES string of the molecule is Cc1ccc(-c2cn(N=C3CCc4c(C(=N)N)cccc43)c(N)n2)cc1C.Cl.Cl. The number of hydrogen-bond acceptors (Lipinski definition) is 4. The van der Waals surface area contributed by atoms with Crippen LogP contribution in [0.25, 0.3) is 11.3 Å². The molecule has 1 aliphatic carbocycles. The van der Waals surface area contributed by atoms with Gasteiger partial charge in [0.15, 0.2) is 0 Å². The third-order valence-corrected chi connectivity index (χ3v) is 5.13. The van der Waals surface area contributed by atoms with E-state index < -0.39 is 0 Å². The number of nitrogens with two attached hydrogens (primary N) is 2. The standard InChI is InChI=1S/C21H22N6.2ClH/c1-12-6-7-14(10-13(12)2)19-11-27(21(24)25-19)26-18-9-8-15-16(18)4-3-5-17(15)20(22)23;;/h3-7,10-11H,8-9H2,1-2H3,(H3,22,23)(H2,24,25);2*1H. The van der Waals surface area contributed by atoms with Crippen LogP contribution in [0, 0.1) is 19.3 Å². The number of amidine groups is 1. The molecule has 152 valence electrons. The molecular formula is C21H24Cl2N6. The lowest BCUT2D eigenvalue weighted by Crippen LogP contribution is -2.13. The molecule has 0 unspecified atom stereocenters. The van der Waals surface area contributed by atoms with E-state index in [4.69, 9.17) is 22.0 Å². The number of rotatable bonds is 3. The number of nitrogen functional groups attached to an aromatic ring is 2. The number of nitrogens with zero attached hydrogens (tertiary/aromatic N) is 3. The number of halogens is 2. The smallest absolute Gasteiger partial charge is 0.221 e. The Labute approximate surface area is 182 Å². The number of aryl methyl sites for hydroxylation is 2. The van der Waals surface area contributed by atoms with Crippen molar-refractivity contribution >= 4 is 42.3 Å². The molecule has 0 amide bonds. The lowest BCUT2D eigenvalue weighted by atomic mass is 10.0. The van der Waals surface area contributed by atoms with E-state index in [2.05, 4.69) is 31.0 Å². The first-order valence-electron chi connectivity index (χ1n) is 8.91. The molecule has 0 aliphatic heterocycles. The zero-order valence-corrected chi connectivity index (χ0v) is 17.9. The molecule has 0 saturated heterocycles. The molecule has 0 saturated carbocycles. The topological polar surface area (TPSA) is 106 Å². The maximum Gasteiger partial charge on any atom is 0.221 e. The van der Waals surface area contributed by atoms with E-state index in [-0.39, 0.29) is 30.6 Å². The van der Waals surface area contributed by atoms with Crippen LogP contribution in [0.1, 0.15) is 34.2 Å². The highest BCUT2D eigenvalue weighted by molar-refractivity contribution is 6.08. The van der Waals surface area contributed by atoms with Crippen molar-refractivity contribution in [2.75, 3.05) is 5.73 Å². The Bertz CT molecular complexity index is 1100. The minimum absolute atomic E-state index is 0. The summed E-state index contributed by atoms with van der Waals surface area (Å²) in [5.41, 5.74) is 19.9. The predicted octanol–water partition coefficient (Wildman–Crippen LogP) is 4.08. The fourth-order valence-electron chi connectivity index (χ4n) is 3.50. The van der Waals surface area contributed by atoms with Crippen LogP contribution >= 0.6 is 24.8 Å². The lowest BCUT2D eigenvalue weighted by Gasteiger charge is -2.06. The van der Waals surface area contributed by atoms with Crippen LogP contribution in [0.3, 0.4) is 0 Å². The van der Waals surface area contributed by atoms with E-state index in [0.29, 0.717) is 5.95 Å². The van der Waals surface area contributed by atoms with Gasteiger partial charge < -0.3 is 11.5 Å². The van der Waals surface area contributed by atoms with Gasteiger partial charge >= 0.3 is 0 Å². The molecule has 6 nitrogen and oxygen atoms in total. The summed E-state index contributed by atoms with van der Waals surface area (Å²) in [6.45, 7) is 4.17. The van der Waals surface area contributed by atoms with Crippen LogP contribution in [0.5, 0.6) is 0 Å². The summed E-state index contributed by atoms with van der Waals surface area (Å²) >= 11 is 0. The summed E-state index contributed by atoms with van der Waals surface area (Å²) in [7, 11) is 0. The summed E-state index contributed by atoms with van der Waals surface area (Å²) in [6.07, 6.45) is 3.47. The zero-order valence-electron chi connectivity index (χ0n) is 16.3. The molecule has 4 rings (SSSR count). The van der Waals surface area contributed by atoms with Crippen molar-refractivity contribution in [1.82, 2.24) is 9.66 Å². The molecule has 0 spiro atoms. The van der Waals surface area contributed by atoms with E-state index in [1.807, 2.05) is 30.5 Å². The van der Waals surface area contributed by atoms with Gasteiger partial charge in [0.05, 0.1) is 17.6 Å². The van der Waals surface area contributed by atoms with Crippen molar-refractivity contribution in [3.63, 3.8) is 0 Å². The molecule has 2 aromatic carbocycles. The minimum Gasteiger partial charge on any atom is -0.384 e. The first-order valence-corrected chi connectivity index (χ1v) is 8.91. The Morgan fingerprint density at radius 2 is 1.86 bits per heavy atom. The van der Waals surface area contributed by atoms with Crippen LogP contribution < -0.4 is 11.5 Å². The Balaban J connectivity index is 0.00000150. The van der Waals surface area contributed by atoms with Gasteiger partial charge in [0.2, 0.25) is 5.95 Å². The van der Waals surface area contributed by atoms with Gasteiger partial charge in [-0.25, -0.2) is 9.66 Å². The fraction of sp³-hybridized carbons (Fsp3) is 0.190. The average molecular weight is 431 g/mol. The summed E-state index contributed by atoms with van der Waals surface area (Å²) in [5.74, 6) is 0.444. The molecule has 5 N–H and O–H groups in total. The van der Waals surface area contributed by atoms with E-state index in [1.54, 1.807) is 4.68 Å². The molecule has 0 atom stereocenters. The Morgan fingerprint density at radius 3 is 2.55 bits per heavy atom. The van der Waals surface area contributed by atoms with Gasteiger partial charge in [0.1, 0.15) is 5.84 Å². The number of aromatic nitrogens is 2. The first-order chi connectivity index (χ1) is 12.9. The molecule has 3 aromatic rings. The third kappa shape index (κ3) is 4.13. The molecule has 0 bridgehead atoms. The normalized spacial score (nSPS) is 13.5. The van der Waals surface area contributed by atoms with Gasteiger partial charge in [0, 0.05) is 16.7 Å². The summed E-state index contributed by atoms with van der Waals surface area (Å²) in [6, 6.07) is 12.1. The van der Waals surface area contributed by atoms with Crippen molar-refractivity contribution in [1.29, 1.82) is 5.41 Å². The van der Waals surface area contributed by atoms with Crippen molar-refractivity contribution in [2.45, 2.75) is 26.7 Å². The highest BCUT2D eigenvalue weighted by atomic mass is 35.5. The quantitative estimate of drug-likeness (QED) is 0.430. The zero-order chi connectivity index (χ0) is 19.1. The fourth-order valence-corrected chi connectivity index (χ4v) is 3.50. The first kappa shape index (κ1) is 22.5. The van der Waals surface area contributed by atoms with Crippen LogP contribution in [0.15, 0.2) is 47.7 Å². The van der Waals surface area contributed by atoms with Gasteiger partial charge in [-0.05, 0) is 49.4 Å². The van der Waals surface area contributed by atoms with E-state index in [9.17, 15) is 0 Å². The Morgan fingerprint density at radius 1 is 1.10 bits per heavy atom. The number of hydrogen-bond donors (Lipinski definition) is 3. The molecule has 1 aromatic heterocycles. The summed E-state index contributed by atoms with van der Waals surface area (Å²) in [4.78, 5) is 4.48. The van der Waals surface area contributed by atoms with Crippen molar-refractivity contribution in [2.24, 2.45) is 10.8 Å². The summed E-state index contributed by atoms with van der Waals surface area (Å²) in [5, 5.41) is 12.5. The molecule has 1 aliphatic rings. The number of imidazole rings is 1. The van der Waals surface area contributed by atoms with Crippen molar-refractivity contribution < 1.29 is 0 Å². The van der Waals surface area contributed by atoms with Gasteiger partial charge in [0.25, 0.3) is 0 Å². The van der Waals surface area contributed by atoms with Crippen LogP contribution in [0.2, 0.25) is 0 Å². The van der Waals surface area contributed by atoms with Crippen LogP contribution in [0.4, 0.5) is 5.95 Å². The maximum absolute atomic E-state index is 7.76. The second kappa shape index (κ2) is 8.68. The number of anilines is 1. The van der Waals surface area contributed by atoms with E-state index in [0.717, 1.165) is 46.5 Å². The number of nitrogens with one attached hydrogen (secondary N) is 1. The van der Waals surface area contributed by atoms with Crippen LogP contribution in [-0.2, 0) is 6.42 Å². The van der Waals surface area contributed by atoms with Crippen LogP contribution in [-0.4, -0.2) is 21.2 Å². The molecule has 8 heteroatoms. The predicted molar refractivity (Wildman–Crippen MR) is 124 cm³/mol. The molecule has 0 radical (unpaired) electrons. The van der Waals surface area contributed by atoms with Crippen molar-refractivity contribution in [3.8, 4) is 11.3 Å². The van der Waals surface area contributed by atoms with Gasteiger partial charge in [-0.3, -0.25) is 5.41 Å². The molecule has 1 heterocycles. The minimum atomic E-state index is 0. The summed E-state index contributed by atoms with van der Waals surface area (Å²) < 4.78 is 1.63. The highest BCUT2D eigenvalue weighted by Crippen LogP contribution is 2.27. The molecule has 29 heavy (non-hydrogen) atoms. The molecule has 0 fully saturated rings. The maximum atomic E-state index is 7.76. The Kier molecular flexibility index (Phi) is 6.72. The lowest BCUT2D eigenvalue weighted by molar-refractivity contribution is 0.883. The second-order valence-electron chi connectivity index (χ2n) is 6.92. The van der Waals surface area contributed by atoms with E-state index >= 15 is 0 Å². The highest BCUT2D eigenvalue weighted by Gasteiger charge is 2.22. The van der Waals surface area contributed by atoms with E-state index in [1.165, 1.54) is 11.1 Å². The molecular weight excluding hydrogens is 407 g/mol. The van der Waals surface area contributed by atoms with Gasteiger partial charge in [-0.2, -0.15) is 5.10 Å². The Hall–Kier alpha value is -2.83. The third-order valence-electron chi connectivity index (χ3n) is 5.13. The second-order valence-corrected chi connectivity index (χ2v) is 6.92. The monoisotopic (exact) mass is 430 g/mol. The van der Waals surface area contributed by atoms with Gasteiger partial charge in [-0.1, -0.05) is 30.3 Å². The van der Waals surface area contributed by atoms with Gasteiger partial charge in [-0.15, -0.1) is 24.8 Å². The average Bonchev–Trinajstić information content (AvgIpc) is 3.21. The number of benzene rings is 2. The number of fused-ring (bicyclic) bond motifs is 1.